The molecule has 1 aliphatic rings. The van der Waals surface area contributed by atoms with Crippen LogP contribution in [0.15, 0.2) is 42.5 Å². The Hall–Kier alpha value is -2.39. The van der Waals surface area contributed by atoms with Crippen molar-refractivity contribution in [1.29, 1.82) is 5.26 Å². The number of rotatable bonds is 8. The summed E-state index contributed by atoms with van der Waals surface area (Å²) in [5, 5.41) is 9.54. The number of nitriles is 1. The number of aryl methyl sites for hydroxylation is 3. The van der Waals surface area contributed by atoms with E-state index in [9.17, 15) is 5.26 Å². The Kier molecular flexibility index (Phi) is 7.14. The van der Waals surface area contributed by atoms with Gasteiger partial charge in [-0.25, -0.2) is 0 Å². The quantitative estimate of drug-likeness (QED) is 0.659. The third-order valence-electron chi connectivity index (χ3n) is 5.44. The highest BCUT2D eigenvalue weighted by atomic mass is 16.7. The first-order valence-electron chi connectivity index (χ1n) is 10.6. The first-order chi connectivity index (χ1) is 14.3. The zero-order valence-corrected chi connectivity index (χ0v) is 18.2. The van der Waals surface area contributed by atoms with Crippen LogP contribution in [0.3, 0.4) is 0 Å². The standard InChI is InChI=1S/C25H32N2O3/c1-19-6-4-7-20(14-19)8-5-13-28-23-10-9-21(15-22(23)16-26)11-12-25(27)17-29-24(2,3)30-18-25/h4,6-7,9-10,14-15H,5,8,11-13,17-18,27H2,1-3H3. The molecule has 0 saturated carbocycles. The highest BCUT2D eigenvalue weighted by molar-refractivity contribution is 5.45. The number of hydrogen-bond donors (Lipinski definition) is 1. The first kappa shape index (κ1) is 22.3. The minimum absolute atomic E-state index is 0.466. The van der Waals surface area contributed by atoms with Crippen molar-refractivity contribution < 1.29 is 14.2 Å². The molecule has 3 rings (SSSR count). The van der Waals surface area contributed by atoms with E-state index in [4.69, 9.17) is 19.9 Å². The molecular weight excluding hydrogens is 376 g/mol. The normalized spacial score (nSPS) is 17.3. The fourth-order valence-corrected chi connectivity index (χ4v) is 3.53. The predicted octanol–water partition coefficient (Wildman–Crippen LogP) is 4.29. The van der Waals surface area contributed by atoms with Gasteiger partial charge in [-0.2, -0.15) is 5.26 Å². The average Bonchev–Trinajstić information content (AvgIpc) is 2.73. The molecule has 5 nitrogen and oxygen atoms in total. The lowest BCUT2D eigenvalue weighted by Gasteiger charge is -2.41. The van der Waals surface area contributed by atoms with Crippen LogP contribution in [0.2, 0.25) is 0 Å². The Labute approximate surface area is 179 Å². The summed E-state index contributed by atoms with van der Waals surface area (Å²) < 4.78 is 17.3. The van der Waals surface area contributed by atoms with Gasteiger partial charge in [0.05, 0.1) is 30.9 Å². The number of ether oxygens (including phenoxy) is 3. The summed E-state index contributed by atoms with van der Waals surface area (Å²) >= 11 is 0. The lowest BCUT2D eigenvalue weighted by atomic mass is 9.92. The maximum absolute atomic E-state index is 9.54. The Balaban J connectivity index is 1.50. The lowest BCUT2D eigenvalue weighted by molar-refractivity contribution is -0.267. The third-order valence-corrected chi connectivity index (χ3v) is 5.44. The second kappa shape index (κ2) is 9.61. The van der Waals surface area contributed by atoms with E-state index in [1.807, 2.05) is 32.0 Å². The monoisotopic (exact) mass is 408 g/mol. The van der Waals surface area contributed by atoms with Crippen LogP contribution in [-0.4, -0.2) is 31.1 Å². The van der Waals surface area contributed by atoms with Gasteiger partial charge in [0.1, 0.15) is 11.8 Å². The second-order valence-corrected chi connectivity index (χ2v) is 8.72. The second-order valence-electron chi connectivity index (χ2n) is 8.72. The maximum Gasteiger partial charge on any atom is 0.162 e. The largest absolute Gasteiger partial charge is 0.492 e. The molecule has 1 aliphatic heterocycles. The van der Waals surface area contributed by atoms with Gasteiger partial charge in [-0.3, -0.25) is 0 Å². The molecule has 160 valence electrons. The topological polar surface area (TPSA) is 77.5 Å². The Morgan fingerprint density at radius 3 is 2.50 bits per heavy atom. The summed E-state index contributed by atoms with van der Waals surface area (Å²) in [4.78, 5) is 0. The molecule has 0 aliphatic carbocycles. The molecule has 1 saturated heterocycles. The molecule has 0 spiro atoms. The van der Waals surface area contributed by atoms with Crippen molar-refractivity contribution in [1.82, 2.24) is 0 Å². The fourth-order valence-electron chi connectivity index (χ4n) is 3.53. The van der Waals surface area contributed by atoms with Crippen molar-refractivity contribution in [2.24, 2.45) is 5.73 Å². The number of nitrogens with two attached hydrogens (primary N) is 1. The van der Waals surface area contributed by atoms with Gasteiger partial charge in [0, 0.05) is 0 Å². The van der Waals surface area contributed by atoms with Crippen molar-refractivity contribution in [3.63, 3.8) is 0 Å². The van der Waals surface area contributed by atoms with Crippen molar-refractivity contribution in [3.05, 3.63) is 64.7 Å². The van der Waals surface area contributed by atoms with Crippen molar-refractivity contribution in [2.45, 2.75) is 57.8 Å². The lowest BCUT2D eigenvalue weighted by Crippen LogP contribution is -2.57. The summed E-state index contributed by atoms with van der Waals surface area (Å²) in [6.45, 7) is 7.40. The molecule has 2 aromatic carbocycles. The minimum Gasteiger partial charge on any atom is -0.492 e. The van der Waals surface area contributed by atoms with Crippen molar-refractivity contribution in [3.8, 4) is 11.8 Å². The summed E-state index contributed by atoms with van der Waals surface area (Å²) in [6.07, 6.45) is 3.35. The van der Waals surface area contributed by atoms with Gasteiger partial charge in [-0.15, -0.1) is 0 Å². The molecule has 0 radical (unpaired) electrons. The zero-order chi connectivity index (χ0) is 21.6. The van der Waals surface area contributed by atoms with E-state index in [0.717, 1.165) is 31.2 Å². The molecule has 0 atom stereocenters. The molecule has 0 unspecified atom stereocenters. The maximum atomic E-state index is 9.54. The van der Waals surface area contributed by atoms with Crippen molar-refractivity contribution in [2.75, 3.05) is 19.8 Å². The smallest absolute Gasteiger partial charge is 0.162 e. The molecule has 1 heterocycles. The summed E-state index contributed by atoms with van der Waals surface area (Å²) in [5.74, 6) is 0.0638. The number of benzene rings is 2. The summed E-state index contributed by atoms with van der Waals surface area (Å²) in [6, 6.07) is 16.6. The third kappa shape index (κ3) is 6.30. The molecule has 1 fully saturated rings. The van der Waals surface area contributed by atoms with Crippen LogP contribution in [-0.2, 0) is 22.3 Å². The van der Waals surface area contributed by atoms with Crippen LogP contribution in [0.5, 0.6) is 5.75 Å². The Bertz CT molecular complexity index is 892. The average molecular weight is 409 g/mol. The molecule has 0 amide bonds. The van der Waals surface area contributed by atoms with Gasteiger partial charge in [0.25, 0.3) is 0 Å². The Morgan fingerprint density at radius 2 is 1.80 bits per heavy atom. The Morgan fingerprint density at radius 1 is 1.07 bits per heavy atom. The van der Waals surface area contributed by atoms with Gasteiger partial charge < -0.3 is 19.9 Å². The van der Waals surface area contributed by atoms with Crippen LogP contribution < -0.4 is 10.5 Å². The number of nitrogens with zero attached hydrogens (tertiary/aromatic N) is 1. The minimum atomic E-state index is -0.574. The van der Waals surface area contributed by atoms with Crippen LogP contribution in [0, 0.1) is 18.3 Å². The van der Waals surface area contributed by atoms with E-state index in [1.54, 1.807) is 0 Å². The van der Waals surface area contributed by atoms with E-state index in [0.29, 0.717) is 31.1 Å². The van der Waals surface area contributed by atoms with Gasteiger partial charge >= 0.3 is 0 Å². The SMILES string of the molecule is Cc1cccc(CCCOc2ccc(CCC3(N)COC(C)(C)OC3)cc2C#N)c1. The van der Waals surface area contributed by atoms with Crippen LogP contribution in [0.1, 0.15) is 48.9 Å². The molecule has 2 N–H and O–H groups in total. The summed E-state index contributed by atoms with van der Waals surface area (Å²) in [7, 11) is 0. The summed E-state index contributed by atoms with van der Waals surface area (Å²) in [5.41, 5.74) is 10.1. The van der Waals surface area contributed by atoms with E-state index >= 15 is 0 Å². The van der Waals surface area contributed by atoms with E-state index in [1.165, 1.54) is 11.1 Å². The molecule has 0 bridgehead atoms. The molecule has 2 aromatic rings. The molecule has 0 aromatic heterocycles. The van der Waals surface area contributed by atoms with E-state index in [2.05, 4.69) is 37.3 Å². The zero-order valence-electron chi connectivity index (χ0n) is 18.2. The predicted molar refractivity (Wildman–Crippen MR) is 117 cm³/mol. The van der Waals surface area contributed by atoms with Gasteiger partial charge in [0.2, 0.25) is 0 Å². The highest BCUT2D eigenvalue weighted by Gasteiger charge is 2.36. The van der Waals surface area contributed by atoms with Gasteiger partial charge in [-0.1, -0.05) is 35.9 Å². The van der Waals surface area contributed by atoms with Crippen molar-refractivity contribution >= 4 is 0 Å². The molecular formula is C25H32N2O3. The first-order valence-corrected chi connectivity index (χ1v) is 10.6. The highest BCUT2D eigenvalue weighted by Crippen LogP contribution is 2.26. The van der Waals surface area contributed by atoms with Crippen LogP contribution in [0.4, 0.5) is 0 Å². The fraction of sp³-hybridized carbons (Fsp3) is 0.480. The molecule has 30 heavy (non-hydrogen) atoms. The van der Waals surface area contributed by atoms with E-state index < -0.39 is 11.3 Å². The van der Waals surface area contributed by atoms with E-state index in [-0.39, 0.29) is 0 Å². The molecule has 5 heteroatoms. The van der Waals surface area contributed by atoms with Gasteiger partial charge in [0.15, 0.2) is 5.79 Å². The van der Waals surface area contributed by atoms with Crippen LogP contribution in [0.25, 0.3) is 0 Å². The van der Waals surface area contributed by atoms with Gasteiger partial charge in [-0.05, 0) is 69.7 Å². The van der Waals surface area contributed by atoms with Crippen LogP contribution >= 0.6 is 0 Å². The number of hydrogen-bond acceptors (Lipinski definition) is 5.